The first kappa shape index (κ1) is 13.7. The van der Waals surface area contributed by atoms with Gasteiger partial charge in [-0.1, -0.05) is 11.2 Å². The summed E-state index contributed by atoms with van der Waals surface area (Å²) in [6.45, 7) is 5.31. The van der Waals surface area contributed by atoms with Crippen LogP contribution in [0.25, 0.3) is 11.5 Å². The second-order valence-corrected chi connectivity index (χ2v) is 5.36. The van der Waals surface area contributed by atoms with E-state index in [1.807, 2.05) is 19.1 Å². The fraction of sp³-hybridized carbons (Fsp3) is 0.429. The number of aryl methyl sites for hydroxylation is 1. The summed E-state index contributed by atoms with van der Waals surface area (Å²) in [5, 5.41) is 3.86. The molecule has 1 unspecified atom stereocenters. The number of rotatable bonds is 3. The Kier molecular flexibility index (Phi) is 3.21. The maximum absolute atomic E-state index is 11.7. The van der Waals surface area contributed by atoms with E-state index >= 15 is 0 Å². The van der Waals surface area contributed by atoms with Crippen molar-refractivity contribution >= 4 is 5.97 Å². The zero-order valence-corrected chi connectivity index (χ0v) is 12.0. The molecular formula is C14H15N3O4. The van der Waals surface area contributed by atoms with Gasteiger partial charge in [-0.15, -0.1) is 0 Å². The van der Waals surface area contributed by atoms with Gasteiger partial charge in [0.1, 0.15) is 5.69 Å². The summed E-state index contributed by atoms with van der Waals surface area (Å²) in [7, 11) is 0. The molecule has 0 bridgehead atoms. The number of cyclic esters (lactones) is 1. The van der Waals surface area contributed by atoms with E-state index in [9.17, 15) is 4.79 Å². The Hall–Kier alpha value is -2.28. The van der Waals surface area contributed by atoms with Crippen LogP contribution in [-0.4, -0.2) is 33.0 Å². The van der Waals surface area contributed by atoms with Gasteiger partial charge in [0.2, 0.25) is 17.5 Å². The van der Waals surface area contributed by atoms with Crippen LogP contribution < -0.4 is 0 Å². The van der Waals surface area contributed by atoms with Gasteiger partial charge in [-0.3, -0.25) is 4.98 Å². The molecule has 1 aliphatic heterocycles. The average molecular weight is 289 g/mol. The smallest absolute Gasteiger partial charge is 0.338 e. The highest BCUT2D eigenvalue weighted by Gasteiger charge is 2.41. The van der Waals surface area contributed by atoms with Crippen molar-refractivity contribution in [3.63, 3.8) is 0 Å². The number of nitrogens with zero attached hydrogens (tertiary/aromatic N) is 3. The molecule has 0 spiro atoms. The van der Waals surface area contributed by atoms with Crippen LogP contribution in [-0.2, 0) is 20.7 Å². The second kappa shape index (κ2) is 4.92. The summed E-state index contributed by atoms with van der Waals surface area (Å²) >= 11 is 0. The van der Waals surface area contributed by atoms with Gasteiger partial charge in [0.05, 0.1) is 6.42 Å². The van der Waals surface area contributed by atoms with Gasteiger partial charge in [0.15, 0.2) is 6.10 Å². The molecule has 2 aromatic rings. The topological polar surface area (TPSA) is 87.3 Å². The molecule has 1 atom stereocenters. The SMILES string of the molecule is Cc1ccc(-c2noc(CC3OC(C)(C)OC3=O)n2)nc1. The lowest BCUT2D eigenvalue weighted by Crippen LogP contribution is -2.22. The molecular weight excluding hydrogens is 274 g/mol. The maximum Gasteiger partial charge on any atom is 0.338 e. The highest BCUT2D eigenvalue weighted by molar-refractivity contribution is 5.76. The lowest BCUT2D eigenvalue weighted by molar-refractivity contribution is -0.160. The molecule has 21 heavy (non-hydrogen) atoms. The molecule has 7 nitrogen and oxygen atoms in total. The van der Waals surface area contributed by atoms with Crippen molar-refractivity contribution in [2.75, 3.05) is 0 Å². The van der Waals surface area contributed by atoms with Crippen LogP contribution in [0.3, 0.4) is 0 Å². The van der Waals surface area contributed by atoms with Crippen molar-refractivity contribution in [3.05, 3.63) is 29.8 Å². The monoisotopic (exact) mass is 289 g/mol. The molecule has 0 aromatic carbocycles. The zero-order chi connectivity index (χ0) is 15.0. The second-order valence-electron chi connectivity index (χ2n) is 5.36. The van der Waals surface area contributed by atoms with Crippen LogP contribution in [0, 0.1) is 6.92 Å². The number of ether oxygens (including phenoxy) is 2. The van der Waals surface area contributed by atoms with Crippen molar-refractivity contribution in [2.24, 2.45) is 0 Å². The standard InChI is InChI=1S/C14H15N3O4/c1-8-4-5-9(15-7-8)12-16-11(21-17-12)6-10-13(18)20-14(2,3)19-10/h4-5,7,10H,6H2,1-3H3. The van der Waals surface area contributed by atoms with E-state index in [0.717, 1.165) is 5.56 Å². The summed E-state index contributed by atoms with van der Waals surface area (Å²) in [4.78, 5) is 20.1. The zero-order valence-electron chi connectivity index (χ0n) is 12.0. The van der Waals surface area contributed by atoms with Gasteiger partial charge in [0.25, 0.3) is 0 Å². The first-order chi connectivity index (χ1) is 9.93. The number of carbonyl (C=O) groups is 1. The van der Waals surface area contributed by atoms with Crippen molar-refractivity contribution in [1.29, 1.82) is 0 Å². The average Bonchev–Trinajstić information content (AvgIpc) is 2.96. The molecule has 0 amide bonds. The minimum atomic E-state index is -0.914. The maximum atomic E-state index is 11.7. The first-order valence-electron chi connectivity index (χ1n) is 6.59. The van der Waals surface area contributed by atoms with Gasteiger partial charge < -0.3 is 14.0 Å². The lowest BCUT2D eigenvalue weighted by Gasteiger charge is -2.14. The van der Waals surface area contributed by atoms with E-state index in [-0.39, 0.29) is 6.42 Å². The molecule has 2 aromatic heterocycles. The molecule has 0 N–H and O–H groups in total. The van der Waals surface area contributed by atoms with Crippen molar-refractivity contribution in [3.8, 4) is 11.5 Å². The number of hydrogen-bond donors (Lipinski definition) is 0. The molecule has 1 saturated heterocycles. The van der Waals surface area contributed by atoms with Crippen molar-refractivity contribution in [2.45, 2.75) is 39.1 Å². The summed E-state index contributed by atoms with van der Waals surface area (Å²) in [5.74, 6) is -0.640. The largest absolute Gasteiger partial charge is 0.432 e. The molecule has 0 aliphatic carbocycles. The van der Waals surface area contributed by atoms with Crippen LogP contribution in [0.2, 0.25) is 0 Å². The number of hydrogen-bond acceptors (Lipinski definition) is 7. The van der Waals surface area contributed by atoms with Crippen LogP contribution in [0.15, 0.2) is 22.9 Å². The predicted molar refractivity (Wildman–Crippen MR) is 71.0 cm³/mol. The summed E-state index contributed by atoms with van der Waals surface area (Å²) in [5.41, 5.74) is 1.66. The molecule has 0 radical (unpaired) electrons. The van der Waals surface area contributed by atoms with Crippen molar-refractivity contribution in [1.82, 2.24) is 15.1 Å². The molecule has 0 saturated carbocycles. The van der Waals surface area contributed by atoms with Gasteiger partial charge in [0, 0.05) is 20.0 Å². The van der Waals surface area contributed by atoms with Gasteiger partial charge in [-0.05, 0) is 18.6 Å². The number of esters is 1. The third-order valence-corrected chi connectivity index (χ3v) is 3.00. The highest BCUT2D eigenvalue weighted by Crippen LogP contribution is 2.26. The van der Waals surface area contributed by atoms with Gasteiger partial charge in [-0.25, -0.2) is 4.79 Å². The van der Waals surface area contributed by atoms with Crippen LogP contribution >= 0.6 is 0 Å². The van der Waals surface area contributed by atoms with Gasteiger partial charge >= 0.3 is 5.97 Å². The minimum absolute atomic E-state index is 0.182. The van der Waals surface area contributed by atoms with Crippen LogP contribution in [0.5, 0.6) is 0 Å². The Bertz CT molecular complexity index is 663. The Morgan fingerprint density at radius 2 is 2.14 bits per heavy atom. The molecule has 1 fully saturated rings. The van der Waals surface area contributed by atoms with Crippen LogP contribution in [0.4, 0.5) is 0 Å². The molecule has 7 heteroatoms. The fourth-order valence-electron chi connectivity index (χ4n) is 2.05. The van der Waals surface area contributed by atoms with Crippen molar-refractivity contribution < 1.29 is 18.8 Å². The Balaban J connectivity index is 1.74. The summed E-state index contributed by atoms with van der Waals surface area (Å²) < 4.78 is 15.7. The predicted octanol–water partition coefficient (Wildman–Crippen LogP) is 1.66. The molecule has 110 valence electrons. The van der Waals surface area contributed by atoms with E-state index in [1.165, 1.54) is 0 Å². The minimum Gasteiger partial charge on any atom is -0.432 e. The van der Waals surface area contributed by atoms with E-state index in [0.29, 0.717) is 17.4 Å². The highest BCUT2D eigenvalue weighted by atomic mass is 16.8. The summed E-state index contributed by atoms with van der Waals surface area (Å²) in [6.07, 6.45) is 1.19. The molecule has 3 rings (SSSR count). The number of aromatic nitrogens is 3. The number of carbonyl (C=O) groups excluding carboxylic acids is 1. The van der Waals surface area contributed by atoms with E-state index in [4.69, 9.17) is 14.0 Å². The normalized spacial score (nSPS) is 20.5. The Labute approximate surface area is 121 Å². The van der Waals surface area contributed by atoms with E-state index in [1.54, 1.807) is 20.0 Å². The Morgan fingerprint density at radius 3 is 2.76 bits per heavy atom. The number of pyridine rings is 1. The van der Waals surface area contributed by atoms with Gasteiger partial charge in [-0.2, -0.15) is 4.98 Å². The third-order valence-electron chi connectivity index (χ3n) is 3.00. The quantitative estimate of drug-likeness (QED) is 0.794. The third kappa shape index (κ3) is 2.92. The van der Waals surface area contributed by atoms with Crippen LogP contribution in [0.1, 0.15) is 25.3 Å². The van der Waals surface area contributed by atoms with E-state index in [2.05, 4.69) is 15.1 Å². The molecule has 1 aliphatic rings. The summed E-state index contributed by atoms with van der Waals surface area (Å²) in [6, 6.07) is 3.73. The lowest BCUT2D eigenvalue weighted by atomic mass is 10.2. The van der Waals surface area contributed by atoms with E-state index < -0.39 is 17.9 Å². The molecule has 3 heterocycles. The Morgan fingerprint density at radius 1 is 1.33 bits per heavy atom. The fourth-order valence-corrected chi connectivity index (χ4v) is 2.05. The first-order valence-corrected chi connectivity index (χ1v) is 6.59.